The first kappa shape index (κ1) is 15.0. The first-order chi connectivity index (χ1) is 9.60. The summed E-state index contributed by atoms with van der Waals surface area (Å²) in [7, 11) is 3.26. The molecule has 1 N–H and O–H groups in total. The minimum atomic E-state index is -0.767. The molecule has 0 heterocycles. The van der Waals surface area contributed by atoms with Crippen LogP contribution in [-0.2, 0) is 4.79 Å². The van der Waals surface area contributed by atoms with Crippen LogP contribution < -0.4 is 9.47 Å². The number of thioether (sulfide) groups is 1. The predicted octanol–water partition coefficient (Wildman–Crippen LogP) is 3.39. The minimum absolute atomic E-state index is 0.00672. The fraction of sp³-hybridized carbons (Fsp3) is 0.533. The average molecular weight is 296 g/mol. The van der Waals surface area contributed by atoms with Crippen LogP contribution in [0.2, 0.25) is 0 Å². The van der Waals surface area contributed by atoms with Crippen LogP contribution in [0.25, 0.3) is 0 Å². The minimum Gasteiger partial charge on any atom is -0.496 e. The molecule has 0 aliphatic heterocycles. The van der Waals surface area contributed by atoms with Crippen LogP contribution >= 0.6 is 11.8 Å². The molecule has 2 rings (SSSR count). The standard InChI is InChI=1S/C15H20O4S/c1-18-12-8-14(20-3)13(19-2)6-11(12)10(7-15(16)17)9-4-5-9/h6,8-10H,4-5,7H2,1-3H3,(H,16,17). The third kappa shape index (κ3) is 3.20. The highest BCUT2D eigenvalue weighted by atomic mass is 32.2. The predicted molar refractivity (Wildman–Crippen MR) is 79.0 cm³/mol. The number of rotatable bonds is 7. The Morgan fingerprint density at radius 1 is 1.35 bits per heavy atom. The highest BCUT2D eigenvalue weighted by Crippen LogP contribution is 2.49. The topological polar surface area (TPSA) is 55.8 Å². The highest BCUT2D eigenvalue weighted by molar-refractivity contribution is 7.98. The van der Waals surface area contributed by atoms with Gasteiger partial charge in [0.05, 0.1) is 25.5 Å². The Morgan fingerprint density at radius 2 is 2.00 bits per heavy atom. The van der Waals surface area contributed by atoms with E-state index < -0.39 is 5.97 Å². The molecule has 110 valence electrons. The maximum Gasteiger partial charge on any atom is 0.303 e. The van der Waals surface area contributed by atoms with Gasteiger partial charge in [0.1, 0.15) is 11.5 Å². The van der Waals surface area contributed by atoms with Gasteiger partial charge in [-0.15, -0.1) is 11.8 Å². The van der Waals surface area contributed by atoms with Gasteiger partial charge in [-0.05, 0) is 37.1 Å². The second-order valence-corrected chi connectivity index (χ2v) is 5.84. The van der Waals surface area contributed by atoms with Crippen LogP contribution in [0.4, 0.5) is 0 Å². The summed E-state index contributed by atoms with van der Waals surface area (Å²) in [6, 6.07) is 3.88. The number of carboxylic acid groups (broad SMARTS) is 1. The van der Waals surface area contributed by atoms with Crippen LogP contribution in [-0.4, -0.2) is 31.6 Å². The van der Waals surface area contributed by atoms with E-state index in [1.165, 1.54) is 0 Å². The summed E-state index contributed by atoms with van der Waals surface area (Å²) in [5.41, 5.74) is 0.951. The lowest BCUT2D eigenvalue weighted by Crippen LogP contribution is -2.10. The van der Waals surface area contributed by atoms with Crippen molar-refractivity contribution in [2.75, 3.05) is 20.5 Å². The smallest absolute Gasteiger partial charge is 0.303 e. The number of carboxylic acids is 1. The number of carbonyl (C=O) groups is 1. The van der Waals surface area contributed by atoms with E-state index in [1.54, 1.807) is 26.0 Å². The fourth-order valence-corrected chi connectivity index (χ4v) is 3.13. The van der Waals surface area contributed by atoms with Crippen molar-refractivity contribution in [1.29, 1.82) is 0 Å². The molecule has 0 saturated heterocycles. The van der Waals surface area contributed by atoms with Gasteiger partial charge in [-0.2, -0.15) is 0 Å². The van der Waals surface area contributed by atoms with Gasteiger partial charge >= 0.3 is 5.97 Å². The lowest BCUT2D eigenvalue weighted by molar-refractivity contribution is -0.137. The highest BCUT2D eigenvalue weighted by Gasteiger charge is 2.35. The third-order valence-corrected chi connectivity index (χ3v) is 4.48. The van der Waals surface area contributed by atoms with Crippen molar-refractivity contribution < 1.29 is 19.4 Å². The molecule has 0 bridgehead atoms. The van der Waals surface area contributed by atoms with Crippen molar-refractivity contribution in [3.05, 3.63) is 17.7 Å². The van der Waals surface area contributed by atoms with E-state index in [4.69, 9.17) is 14.6 Å². The Kier molecular flexibility index (Phi) is 4.81. The average Bonchev–Trinajstić information content (AvgIpc) is 3.27. The zero-order valence-electron chi connectivity index (χ0n) is 12.0. The third-order valence-electron chi connectivity index (χ3n) is 3.72. The van der Waals surface area contributed by atoms with Gasteiger partial charge in [0.25, 0.3) is 0 Å². The van der Waals surface area contributed by atoms with E-state index in [0.29, 0.717) is 5.92 Å². The molecule has 0 amide bonds. The molecule has 5 heteroatoms. The molecule has 0 aromatic heterocycles. The van der Waals surface area contributed by atoms with Crippen LogP contribution in [0, 0.1) is 5.92 Å². The molecule has 1 saturated carbocycles. The Hall–Kier alpha value is -1.36. The molecular weight excluding hydrogens is 276 g/mol. The van der Waals surface area contributed by atoms with E-state index in [1.807, 2.05) is 18.4 Å². The molecule has 1 aliphatic carbocycles. The number of ether oxygens (including phenoxy) is 2. The molecule has 1 aliphatic rings. The first-order valence-corrected chi connectivity index (χ1v) is 7.84. The molecule has 1 atom stereocenters. The van der Waals surface area contributed by atoms with Gasteiger partial charge < -0.3 is 14.6 Å². The summed E-state index contributed by atoms with van der Waals surface area (Å²) < 4.78 is 10.9. The second-order valence-electron chi connectivity index (χ2n) is 4.99. The number of hydrogen-bond donors (Lipinski definition) is 1. The van der Waals surface area contributed by atoms with Crippen molar-refractivity contribution in [3.8, 4) is 11.5 Å². The molecule has 1 aromatic carbocycles. The Labute approximate surface area is 123 Å². The van der Waals surface area contributed by atoms with E-state index in [0.717, 1.165) is 34.8 Å². The van der Waals surface area contributed by atoms with Crippen LogP contribution in [0.5, 0.6) is 11.5 Å². The maximum atomic E-state index is 11.1. The zero-order chi connectivity index (χ0) is 14.7. The van der Waals surface area contributed by atoms with Crippen LogP contribution in [0.3, 0.4) is 0 Å². The zero-order valence-corrected chi connectivity index (χ0v) is 12.8. The van der Waals surface area contributed by atoms with Crippen LogP contribution in [0.15, 0.2) is 17.0 Å². The first-order valence-electron chi connectivity index (χ1n) is 6.62. The van der Waals surface area contributed by atoms with E-state index >= 15 is 0 Å². The van der Waals surface area contributed by atoms with Crippen molar-refractivity contribution in [3.63, 3.8) is 0 Å². The van der Waals surface area contributed by atoms with Crippen molar-refractivity contribution >= 4 is 17.7 Å². The molecule has 1 unspecified atom stereocenters. The van der Waals surface area contributed by atoms with Crippen molar-refractivity contribution in [2.24, 2.45) is 5.92 Å². The normalized spacial score (nSPS) is 15.8. The Morgan fingerprint density at radius 3 is 2.45 bits per heavy atom. The molecule has 0 radical (unpaired) electrons. The molecule has 1 aromatic rings. The van der Waals surface area contributed by atoms with Gasteiger partial charge in [0.15, 0.2) is 0 Å². The monoisotopic (exact) mass is 296 g/mol. The van der Waals surface area contributed by atoms with Gasteiger partial charge in [-0.1, -0.05) is 0 Å². The molecular formula is C15H20O4S. The summed E-state index contributed by atoms with van der Waals surface area (Å²) in [6.45, 7) is 0. The number of benzene rings is 1. The quantitative estimate of drug-likeness (QED) is 0.782. The number of hydrogen-bond acceptors (Lipinski definition) is 4. The largest absolute Gasteiger partial charge is 0.496 e. The Bertz CT molecular complexity index is 497. The lowest BCUT2D eigenvalue weighted by Gasteiger charge is -2.20. The summed E-state index contributed by atoms with van der Waals surface area (Å²) in [5, 5.41) is 9.14. The van der Waals surface area contributed by atoms with Gasteiger partial charge in [-0.3, -0.25) is 4.79 Å². The fourth-order valence-electron chi connectivity index (χ4n) is 2.56. The second kappa shape index (κ2) is 6.39. The van der Waals surface area contributed by atoms with Gasteiger partial charge in [-0.25, -0.2) is 0 Å². The van der Waals surface area contributed by atoms with Gasteiger partial charge in [0.2, 0.25) is 0 Å². The summed E-state index contributed by atoms with van der Waals surface area (Å²) in [4.78, 5) is 12.1. The summed E-state index contributed by atoms with van der Waals surface area (Å²) in [6.07, 6.45) is 4.30. The van der Waals surface area contributed by atoms with E-state index in [9.17, 15) is 4.79 Å². The molecule has 4 nitrogen and oxygen atoms in total. The van der Waals surface area contributed by atoms with Crippen molar-refractivity contribution in [1.82, 2.24) is 0 Å². The number of methoxy groups -OCH3 is 2. The van der Waals surface area contributed by atoms with Crippen LogP contribution in [0.1, 0.15) is 30.7 Å². The van der Waals surface area contributed by atoms with E-state index in [-0.39, 0.29) is 12.3 Å². The lowest BCUT2D eigenvalue weighted by atomic mass is 9.90. The molecule has 1 fully saturated rings. The Balaban J connectivity index is 2.43. The number of aliphatic carboxylic acids is 1. The maximum absolute atomic E-state index is 11.1. The molecule has 0 spiro atoms. The summed E-state index contributed by atoms with van der Waals surface area (Å²) in [5.74, 6) is 1.23. The van der Waals surface area contributed by atoms with Gasteiger partial charge in [0, 0.05) is 11.5 Å². The van der Waals surface area contributed by atoms with Crippen molar-refractivity contribution in [2.45, 2.75) is 30.1 Å². The summed E-state index contributed by atoms with van der Waals surface area (Å²) >= 11 is 1.59. The SMILES string of the molecule is COc1cc(C(CC(=O)O)C2CC2)c(OC)cc1SC. The molecule has 20 heavy (non-hydrogen) atoms. The van der Waals surface area contributed by atoms with E-state index in [2.05, 4.69) is 0 Å².